The van der Waals surface area contributed by atoms with Crippen LogP contribution in [-0.2, 0) is 17.8 Å². The Morgan fingerprint density at radius 1 is 1.16 bits per heavy atom. The highest BCUT2D eigenvalue weighted by molar-refractivity contribution is 5.96. The minimum absolute atomic E-state index is 0.325. The molecule has 0 aromatic carbocycles. The summed E-state index contributed by atoms with van der Waals surface area (Å²) in [7, 11) is 0. The Kier molecular flexibility index (Phi) is 5.36. The molecule has 4 aliphatic rings. The molecule has 5 heteroatoms. The van der Waals surface area contributed by atoms with Gasteiger partial charge in [0.1, 0.15) is 12.4 Å². The van der Waals surface area contributed by atoms with Crippen LogP contribution in [0.4, 0.5) is 0 Å². The number of hydrogen-bond donors (Lipinski definition) is 1. The molecule has 3 fully saturated rings. The number of allylic oxidation sites excluding steroid dienone is 3. The zero-order chi connectivity index (χ0) is 21.6. The molecule has 3 saturated carbocycles. The van der Waals surface area contributed by atoms with Crippen molar-refractivity contribution in [3.8, 4) is 0 Å². The number of oxazole rings is 1. The Hall–Kier alpha value is -1.88. The van der Waals surface area contributed by atoms with Crippen molar-refractivity contribution < 1.29 is 9.25 Å². The van der Waals surface area contributed by atoms with Gasteiger partial charge >= 0.3 is 0 Å². The van der Waals surface area contributed by atoms with Gasteiger partial charge in [0.05, 0.1) is 18.5 Å². The van der Waals surface area contributed by atoms with E-state index in [1.54, 1.807) is 11.8 Å². The van der Waals surface area contributed by atoms with Crippen LogP contribution in [0, 0.1) is 28.6 Å². The van der Waals surface area contributed by atoms with Gasteiger partial charge in [-0.2, -0.15) is 0 Å². The average molecular weight is 424 g/mol. The van der Waals surface area contributed by atoms with E-state index >= 15 is 0 Å². The van der Waals surface area contributed by atoms with Crippen LogP contribution in [0.5, 0.6) is 0 Å². The summed E-state index contributed by atoms with van der Waals surface area (Å²) in [6, 6.07) is 0. The summed E-state index contributed by atoms with van der Waals surface area (Å²) in [6.07, 6.45) is 14.8. The highest BCUT2D eigenvalue weighted by atomic mass is 16.6. The number of nitrogens with zero attached hydrogens (tertiary/aromatic N) is 2. The lowest BCUT2D eigenvalue weighted by molar-refractivity contribution is -0.0226. The second-order valence-electron chi connectivity index (χ2n) is 10.7. The summed E-state index contributed by atoms with van der Waals surface area (Å²) in [4.78, 5) is 9.76. The molecule has 0 bridgehead atoms. The monoisotopic (exact) mass is 423 g/mol. The fraction of sp³-hybridized carbons (Fsp3) is 0.692. The average Bonchev–Trinajstić information content (AvgIpc) is 3.35. The molecule has 0 saturated heterocycles. The molecule has 1 aromatic heterocycles. The molecule has 31 heavy (non-hydrogen) atoms. The normalized spacial score (nSPS) is 38.4. The summed E-state index contributed by atoms with van der Waals surface area (Å²) >= 11 is 0. The first-order valence-corrected chi connectivity index (χ1v) is 12.2. The first-order chi connectivity index (χ1) is 14.9. The number of hydrogen-bond acceptors (Lipinski definition) is 5. The Morgan fingerprint density at radius 3 is 2.81 bits per heavy atom. The van der Waals surface area contributed by atoms with Gasteiger partial charge in [0.25, 0.3) is 0 Å². The standard InChI is InChI=1S/C26H37N3O2/c1-17-4-7-22-21-6-5-18-14-19(29-30-13-10-20-16-28-24(15-27)31-20)8-11-26(18,3)23(21)9-12-25(17,22)2/h14,16,21-23H,1,4-13,15,27H2,2-3H3/t21?,22?,23?,25-,26+/m1/s1. The van der Waals surface area contributed by atoms with Crippen LogP contribution in [0.15, 0.2) is 39.6 Å². The summed E-state index contributed by atoms with van der Waals surface area (Å²) < 4.78 is 5.52. The Morgan fingerprint density at radius 2 is 2.00 bits per heavy atom. The molecular formula is C26H37N3O2. The minimum Gasteiger partial charge on any atom is -0.444 e. The van der Waals surface area contributed by atoms with E-state index in [4.69, 9.17) is 15.0 Å². The Labute approximate surface area is 186 Å². The molecule has 1 heterocycles. The molecule has 168 valence electrons. The lowest BCUT2D eigenvalue weighted by Crippen LogP contribution is -2.49. The molecular weight excluding hydrogens is 386 g/mol. The molecule has 1 aromatic rings. The summed E-state index contributed by atoms with van der Waals surface area (Å²) in [5, 5.41) is 4.47. The molecule has 0 radical (unpaired) electrons. The smallest absolute Gasteiger partial charge is 0.208 e. The molecule has 2 N–H and O–H groups in total. The van der Waals surface area contributed by atoms with Gasteiger partial charge in [-0.3, -0.25) is 0 Å². The van der Waals surface area contributed by atoms with Crippen LogP contribution in [0.2, 0.25) is 0 Å². The summed E-state index contributed by atoms with van der Waals surface area (Å²) in [6.45, 7) is 10.3. The third-order valence-corrected chi connectivity index (χ3v) is 9.33. The van der Waals surface area contributed by atoms with Crippen LogP contribution in [-0.4, -0.2) is 17.3 Å². The number of oxime groups is 1. The molecule has 0 amide bonds. The molecule has 5 atom stereocenters. The van der Waals surface area contributed by atoms with Crippen molar-refractivity contribution in [2.24, 2.45) is 39.5 Å². The van der Waals surface area contributed by atoms with E-state index in [-0.39, 0.29) is 0 Å². The minimum atomic E-state index is 0.325. The first kappa shape index (κ1) is 21.0. The van der Waals surface area contributed by atoms with E-state index in [0.717, 1.165) is 35.6 Å². The van der Waals surface area contributed by atoms with E-state index in [1.165, 1.54) is 50.5 Å². The lowest BCUT2D eigenvalue weighted by Gasteiger charge is -2.57. The van der Waals surface area contributed by atoms with Crippen LogP contribution in [0.1, 0.15) is 76.9 Å². The topological polar surface area (TPSA) is 73.6 Å². The molecule has 0 aliphatic heterocycles. The zero-order valence-corrected chi connectivity index (χ0v) is 19.2. The fourth-order valence-corrected chi connectivity index (χ4v) is 7.38. The quantitative estimate of drug-likeness (QED) is 0.382. The van der Waals surface area contributed by atoms with Gasteiger partial charge in [0, 0.05) is 6.42 Å². The van der Waals surface area contributed by atoms with Gasteiger partial charge in [-0.15, -0.1) is 0 Å². The van der Waals surface area contributed by atoms with Gasteiger partial charge in [0.15, 0.2) is 0 Å². The van der Waals surface area contributed by atoms with Gasteiger partial charge < -0.3 is 15.0 Å². The van der Waals surface area contributed by atoms with E-state index < -0.39 is 0 Å². The maximum Gasteiger partial charge on any atom is 0.208 e. The van der Waals surface area contributed by atoms with Gasteiger partial charge in [0.2, 0.25) is 5.89 Å². The second kappa shape index (κ2) is 7.91. The molecule has 5 rings (SSSR count). The second-order valence-corrected chi connectivity index (χ2v) is 10.7. The molecule has 0 spiro atoms. The summed E-state index contributed by atoms with van der Waals surface area (Å²) in [5.41, 5.74) is 10.5. The number of aromatic nitrogens is 1. The predicted molar refractivity (Wildman–Crippen MR) is 122 cm³/mol. The number of fused-ring (bicyclic) bond motifs is 5. The largest absolute Gasteiger partial charge is 0.444 e. The van der Waals surface area contributed by atoms with Crippen molar-refractivity contribution in [1.29, 1.82) is 0 Å². The summed E-state index contributed by atoms with van der Waals surface area (Å²) in [5.74, 6) is 3.91. The van der Waals surface area contributed by atoms with E-state index in [1.807, 2.05) is 0 Å². The highest BCUT2D eigenvalue weighted by Gasteiger charge is 2.57. The maximum absolute atomic E-state index is 5.64. The lowest BCUT2D eigenvalue weighted by atomic mass is 9.47. The number of rotatable bonds is 5. The van der Waals surface area contributed by atoms with E-state index in [9.17, 15) is 0 Å². The third-order valence-electron chi connectivity index (χ3n) is 9.33. The molecule has 4 aliphatic carbocycles. The maximum atomic E-state index is 5.64. The van der Waals surface area contributed by atoms with Crippen LogP contribution < -0.4 is 5.73 Å². The van der Waals surface area contributed by atoms with Crippen molar-refractivity contribution in [3.63, 3.8) is 0 Å². The highest BCUT2D eigenvalue weighted by Crippen LogP contribution is 2.66. The van der Waals surface area contributed by atoms with Gasteiger partial charge in [-0.25, -0.2) is 4.98 Å². The zero-order valence-electron chi connectivity index (χ0n) is 19.2. The Balaban J connectivity index is 1.24. The van der Waals surface area contributed by atoms with Gasteiger partial charge in [-0.05, 0) is 86.0 Å². The molecule has 5 nitrogen and oxygen atoms in total. The fourth-order valence-electron chi connectivity index (χ4n) is 7.38. The Bertz CT molecular complexity index is 916. The molecule has 3 unspecified atom stereocenters. The third kappa shape index (κ3) is 3.49. The van der Waals surface area contributed by atoms with Crippen LogP contribution >= 0.6 is 0 Å². The van der Waals surface area contributed by atoms with Gasteiger partial charge in [-0.1, -0.05) is 36.7 Å². The van der Waals surface area contributed by atoms with Crippen LogP contribution in [0.25, 0.3) is 0 Å². The predicted octanol–water partition coefficient (Wildman–Crippen LogP) is 5.57. The van der Waals surface area contributed by atoms with E-state index in [0.29, 0.717) is 36.3 Å². The van der Waals surface area contributed by atoms with E-state index in [2.05, 4.69) is 36.6 Å². The SMILES string of the molecule is C=C1CCC2C3CCC4=CC(=NOCCc5cnc(CN)o5)CC[C@]4(C)C3CC[C@]12C. The van der Waals surface area contributed by atoms with Crippen molar-refractivity contribution in [2.45, 2.75) is 78.2 Å². The van der Waals surface area contributed by atoms with Crippen LogP contribution in [0.3, 0.4) is 0 Å². The van der Waals surface area contributed by atoms with Crippen molar-refractivity contribution in [1.82, 2.24) is 4.98 Å². The van der Waals surface area contributed by atoms with Crippen molar-refractivity contribution in [3.05, 3.63) is 41.6 Å². The van der Waals surface area contributed by atoms with Crippen molar-refractivity contribution in [2.75, 3.05) is 6.61 Å². The number of nitrogens with two attached hydrogens (primary N) is 1. The first-order valence-electron chi connectivity index (χ1n) is 12.2. The van der Waals surface area contributed by atoms with Crippen molar-refractivity contribution >= 4 is 5.71 Å².